The number of carbonyl (C=O) groups excluding carboxylic acids is 1. The molecule has 4 heterocycles. The van der Waals surface area contributed by atoms with Crippen LogP contribution in [0.25, 0.3) is 0 Å². The number of ether oxygens (including phenoxy) is 1. The van der Waals surface area contributed by atoms with Crippen molar-refractivity contribution in [2.45, 2.75) is 44.1 Å². The maximum absolute atomic E-state index is 12.1. The number of carboxylic acids is 1. The highest BCUT2D eigenvalue weighted by atomic mass is 19.4. The number of nitrogens with zero attached hydrogens (tertiary/aromatic N) is 5. The Morgan fingerprint density at radius 1 is 1.21 bits per heavy atom. The second kappa shape index (κ2) is 11.2. The van der Waals surface area contributed by atoms with Crippen LogP contribution in [0.4, 0.5) is 13.2 Å². The molecule has 33 heavy (non-hydrogen) atoms. The molecule has 1 fully saturated rings. The predicted molar refractivity (Wildman–Crippen MR) is 108 cm³/mol. The van der Waals surface area contributed by atoms with Gasteiger partial charge in [-0.15, -0.1) is 0 Å². The lowest BCUT2D eigenvalue weighted by Gasteiger charge is -2.40. The second-order valence-corrected chi connectivity index (χ2v) is 7.63. The van der Waals surface area contributed by atoms with Gasteiger partial charge >= 0.3 is 12.1 Å². The summed E-state index contributed by atoms with van der Waals surface area (Å²) in [5.41, 5.74) is 1.59. The number of aliphatic carboxylic acids is 1. The largest absolute Gasteiger partial charge is 0.490 e. The van der Waals surface area contributed by atoms with Gasteiger partial charge in [-0.25, -0.2) is 9.78 Å². The van der Waals surface area contributed by atoms with Crippen LogP contribution in [0.5, 0.6) is 0 Å². The standard InChI is InChI=1S/C18H24N6O2.C2HF3O2/c25-18(17-11-19-7-8-20-17)21-5-1-15-12-23(14-3-9-26-10-4-14)13-16-2-6-22-24(15)16;3-2(4,5)1(6)7/h2,6-8,11,14-15H,1,3-5,9-10,12-13H2,(H,21,25);(H,6,7). The number of hydrogen-bond acceptors (Lipinski definition) is 7. The molecule has 10 nitrogen and oxygen atoms in total. The summed E-state index contributed by atoms with van der Waals surface area (Å²) >= 11 is 0. The van der Waals surface area contributed by atoms with Gasteiger partial charge in [0.05, 0.1) is 17.9 Å². The summed E-state index contributed by atoms with van der Waals surface area (Å²) in [6, 6.07) is 2.93. The first-order valence-electron chi connectivity index (χ1n) is 10.4. The monoisotopic (exact) mass is 470 g/mol. The smallest absolute Gasteiger partial charge is 0.475 e. The van der Waals surface area contributed by atoms with Crippen molar-refractivity contribution in [1.82, 2.24) is 30.0 Å². The molecule has 2 aliphatic heterocycles. The maximum atomic E-state index is 12.1. The van der Waals surface area contributed by atoms with E-state index >= 15 is 0 Å². The molecule has 1 saturated heterocycles. The lowest BCUT2D eigenvalue weighted by atomic mass is 10.0. The molecule has 13 heteroatoms. The number of carboxylic acid groups (broad SMARTS) is 1. The van der Waals surface area contributed by atoms with E-state index in [1.54, 1.807) is 6.20 Å². The molecule has 0 saturated carbocycles. The number of fused-ring (bicyclic) bond motifs is 1. The van der Waals surface area contributed by atoms with Crippen molar-refractivity contribution in [3.05, 3.63) is 42.2 Å². The van der Waals surface area contributed by atoms with Crippen LogP contribution < -0.4 is 5.32 Å². The van der Waals surface area contributed by atoms with Crippen LogP contribution in [-0.2, 0) is 16.1 Å². The van der Waals surface area contributed by atoms with Gasteiger partial charge in [0, 0.05) is 57.5 Å². The molecule has 2 aromatic rings. The second-order valence-electron chi connectivity index (χ2n) is 7.63. The van der Waals surface area contributed by atoms with E-state index in [0.29, 0.717) is 18.3 Å². The van der Waals surface area contributed by atoms with Crippen LogP contribution in [0, 0.1) is 0 Å². The predicted octanol–water partition coefficient (Wildman–Crippen LogP) is 1.66. The minimum Gasteiger partial charge on any atom is -0.475 e. The van der Waals surface area contributed by atoms with Crippen molar-refractivity contribution < 1.29 is 32.6 Å². The normalized spacial score (nSPS) is 19.2. The van der Waals surface area contributed by atoms with Gasteiger partial charge in [0.15, 0.2) is 0 Å². The first kappa shape index (κ1) is 24.6. The maximum Gasteiger partial charge on any atom is 0.490 e. The van der Waals surface area contributed by atoms with Crippen LogP contribution in [0.15, 0.2) is 30.9 Å². The van der Waals surface area contributed by atoms with Crippen molar-refractivity contribution in [1.29, 1.82) is 0 Å². The van der Waals surface area contributed by atoms with Gasteiger partial charge in [-0.1, -0.05) is 0 Å². The van der Waals surface area contributed by atoms with Crippen LogP contribution in [-0.4, -0.2) is 80.2 Å². The molecule has 1 atom stereocenters. The van der Waals surface area contributed by atoms with Gasteiger partial charge in [-0.05, 0) is 25.3 Å². The summed E-state index contributed by atoms with van der Waals surface area (Å²) in [5.74, 6) is -2.94. The molecule has 2 N–H and O–H groups in total. The number of rotatable bonds is 5. The molecule has 1 unspecified atom stereocenters. The van der Waals surface area contributed by atoms with E-state index in [9.17, 15) is 18.0 Å². The number of halogens is 3. The zero-order valence-corrected chi connectivity index (χ0v) is 17.7. The van der Waals surface area contributed by atoms with Crippen LogP contribution >= 0.6 is 0 Å². The Kier molecular flexibility index (Phi) is 8.33. The van der Waals surface area contributed by atoms with E-state index in [1.807, 2.05) is 6.20 Å². The Morgan fingerprint density at radius 3 is 2.58 bits per heavy atom. The van der Waals surface area contributed by atoms with Crippen molar-refractivity contribution in [2.24, 2.45) is 0 Å². The fourth-order valence-electron chi connectivity index (χ4n) is 3.82. The zero-order chi connectivity index (χ0) is 23.8. The Bertz CT molecular complexity index is 918. The van der Waals surface area contributed by atoms with E-state index in [2.05, 4.69) is 36.0 Å². The molecule has 4 rings (SSSR count). The summed E-state index contributed by atoms with van der Waals surface area (Å²) in [5, 5.41) is 14.6. The average molecular weight is 470 g/mol. The topological polar surface area (TPSA) is 122 Å². The third-order valence-corrected chi connectivity index (χ3v) is 5.42. The minimum absolute atomic E-state index is 0.184. The number of carbonyl (C=O) groups is 2. The number of alkyl halides is 3. The molecule has 2 aliphatic rings. The summed E-state index contributed by atoms with van der Waals surface area (Å²) in [6.07, 6.45) is 4.36. The van der Waals surface area contributed by atoms with E-state index in [0.717, 1.165) is 45.6 Å². The summed E-state index contributed by atoms with van der Waals surface area (Å²) in [4.78, 5) is 31.5. The Hall–Kier alpha value is -3.06. The lowest BCUT2D eigenvalue weighted by molar-refractivity contribution is -0.192. The molecule has 0 aliphatic carbocycles. The van der Waals surface area contributed by atoms with Crippen molar-refractivity contribution in [3.8, 4) is 0 Å². The molecule has 0 spiro atoms. The summed E-state index contributed by atoms with van der Waals surface area (Å²) < 4.78 is 39.4. The van der Waals surface area contributed by atoms with Crippen molar-refractivity contribution in [2.75, 3.05) is 26.3 Å². The molecule has 0 radical (unpaired) electrons. The van der Waals surface area contributed by atoms with Crippen molar-refractivity contribution in [3.63, 3.8) is 0 Å². The highest BCUT2D eigenvalue weighted by Gasteiger charge is 2.38. The van der Waals surface area contributed by atoms with Crippen molar-refractivity contribution >= 4 is 11.9 Å². The van der Waals surface area contributed by atoms with Crippen LogP contribution in [0.1, 0.15) is 41.5 Å². The van der Waals surface area contributed by atoms with E-state index < -0.39 is 12.1 Å². The lowest BCUT2D eigenvalue weighted by Crippen LogP contribution is -2.46. The highest BCUT2D eigenvalue weighted by molar-refractivity contribution is 5.91. The fraction of sp³-hybridized carbons (Fsp3) is 0.550. The third-order valence-electron chi connectivity index (χ3n) is 5.42. The number of nitrogens with one attached hydrogen (secondary N) is 1. The highest BCUT2D eigenvalue weighted by Crippen LogP contribution is 2.27. The van der Waals surface area contributed by atoms with Gasteiger partial charge in [-0.3, -0.25) is 19.4 Å². The molecule has 180 valence electrons. The number of hydrogen-bond donors (Lipinski definition) is 2. The van der Waals surface area contributed by atoms with Crippen LogP contribution in [0.3, 0.4) is 0 Å². The van der Waals surface area contributed by atoms with Gasteiger partial charge in [-0.2, -0.15) is 18.3 Å². The SMILES string of the molecule is O=C(NCCC1CN(C2CCOCC2)Cc2ccnn21)c1cnccn1.O=C(O)C(F)(F)F. The molecule has 0 bridgehead atoms. The van der Waals surface area contributed by atoms with Gasteiger partial charge in [0.2, 0.25) is 0 Å². The Labute approximate surface area is 187 Å². The Balaban J connectivity index is 0.000000383. The average Bonchev–Trinajstić information content (AvgIpc) is 3.29. The molecule has 2 aromatic heterocycles. The quantitative estimate of drug-likeness (QED) is 0.677. The molecular formula is C20H25F3N6O4. The third kappa shape index (κ3) is 6.96. The molecular weight excluding hydrogens is 445 g/mol. The van der Waals surface area contributed by atoms with E-state index in [1.165, 1.54) is 18.1 Å². The zero-order valence-electron chi connectivity index (χ0n) is 17.7. The first-order chi connectivity index (χ1) is 15.8. The molecule has 1 amide bonds. The Morgan fingerprint density at radius 2 is 1.94 bits per heavy atom. The van der Waals surface area contributed by atoms with Gasteiger partial charge in [0.25, 0.3) is 5.91 Å². The van der Waals surface area contributed by atoms with Gasteiger partial charge < -0.3 is 15.2 Å². The summed E-state index contributed by atoms with van der Waals surface area (Å²) in [6.45, 7) is 4.17. The van der Waals surface area contributed by atoms with E-state index in [4.69, 9.17) is 14.6 Å². The van der Waals surface area contributed by atoms with E-state index in [-0.39, 0.29) is 11.9 Å². The summed E-state index contributed by atoms with van der Waals surface area (Å²) in [7, 11) is 0. The van der Waals surface area contributed by atoms with Crippen LogP contribution in [0.2, 0.25) is 0 Å². The first-order valence-corrected chi connectivity index (χ1v) is 10.4. The number of amides is 1. The minimum atomic E-state index is -5.08. The molecule has 0 aromatic carbocycles. The number of aromatic nitrogens is 4. The fourth-order valence-corrected chi connectivity index (χ4v) is 3.82. The van der Waals surface area contributed by atoms with Gasteiger partial charge in [0.1, 0.15) is 5.69 Å².